The number of nitrogens with two attached hydrogens (primary N) is 1. The van der Waals surface area contributed by atoms with E-state index < -0.39 is 0 Å². The van der Waals surface area contributed by atoms with Gasteiger partial charge in [0, 0.05) is 5.56 Å². The van der Waals surface area contributed by atoms with Crippen molar-refractivity contribution in [2.75, 3.05) is 6.61 Å². The van der Waals surface area contributed by atoms with E-state index >= 15 is 0 Å². The zero-order valence-electron chi connectivity index (χ0n) is 8.25. The molecular formula is C12H15NO. The van der Waals surface area contributed by atoms with Crippen LogP contribution in [0.1, 0.15) is 35.6 Å². The Hall–Kier alpha value is -1.02. The highest BCUT2D eigenvalue weighted by Gasteiger charge is 2.23. The van der Waals surface area contributed by atoms with E-state index in [0.717, 1.165) is 5.75 Å². The van der Waals surface area contributed by atoms with Gasteiger partial charge in [0.1, 0.15) is 12.4 Å². The lowest BCUT2D eigenvalue weighted by Gasteiger charge is -2.17. The maximum absolute atomic E-state index is 5.95. The number of hydrogen-bond acceptors (Lipinski definition) is 2. The Kier molecular flexibility index (Phi) is 1.77. The van der Waals surface area contributed by atoms with E-state index in [1.165, 1.54) is 42.4 Å². The molecule has 0 amide bonds. The molecule has 0 saturated heterocycles. The van der Waals surface area contributed by atoms with Gasteiger partial charge in [-0.2, -0.15) is 0 Å². The molecule has 14 heavy (non-hydrogen) atoms. The molecule has 3 rings (SSSR count). The van der Waals surface area contributed by atoms with Gasteiger partial charge in [-0.3, -0.25) is 0 Å². The molecule has 0 radical (unpaired) electrons. The lowest BCUT2D eigenvalue weighted by molar-refractivity contribution is 0.333. The third-order valence-electron chi connectivity index (χ3n) is 3.29. The Balaban J connectivity index is 2.11. The van der Waals surface area contributed by atoms with Gasteiger partial charge in [0.25, 0.3) is 0 Å². The van der Waals surface area contributed by atoms with Crippen molar-refractivity contribution in [2.45, 2.75) is 31.7 Å². The molecular weight excluding hydrogens is 174 g/mol. The second kappa shape index (κ2) is 2.99. The van der Waals surface area contributed by atoms with Crippen LogP contribution in [0.2, 0.25) is 0 Å². The maximum atomic E-state index is 5.95. The molecule has 1 atom stereocenters. The summed E-state index contributed by atoms with van der Waals surface area (Å²) in [4.78, 5) is 0. The molecule has 2 nitrogen and oxygen atoms in total. The SMILES string of the molecule is N[C@H]1COc2cc3c(cc21)CCCC3. The Morgan fingerprint density at radius 2 is 1.86 bits per heavy atom. The number of rotatable bonds is 0. The van der Waals surface area contributed by atoms with Crippen LogP contribution in [0.4, 0.5) is 0 Å². The number of fused-ring (bicyclic) bond motifs is 2. The fourth-order valence-electron chi connectivity index (χ4n) is 2.47. The van der Waals surface area contributed by atoms with Gasteiger partial charge < -0.3 is 10.5 Å². The first-order valence-corrected chi connectivity index (χ1v) is 5.38. The van der Waals surface area contributed by atoms with Gasteiger partial charge >= 0.3 is 0 Å². The molecule has 0 bridgehead atoms. The van der Waals surface area contributed by atoms with Crippen molar-refractivity contribution in [2.24, 2.45) is 5.73 Å². The zero-order chi connectivity index (χ0) is 9.54. The minimum absolute atomic E-state index is 0.0947. The molecule has 1 aromatic carbocycles. The predicted molar refractivity (Wildman–Crippen MR) is 55.5 cm³/mol. The number of aryl methyl sites for hydroxylation is 2. The van der Waals surface area contributed by atoms with Crippen LogP contribution in [0.15, 0.2) is 12.1 Å². The summed E-state index contributed by atoms with van der Waals surface area (Å²) in [7, 11) is 0. The Morgan fingerprint density at radius 1 is 1.14 bits per heavy atom. The van der Waals surface area contributed by atoms with Crippen molar-refractivity contribution in [3.63, 3.8) is 0 Å². The molecule has 2 heteroatoms. The number of benzene rings is 1. The van der Waals surface area contributed by atoms with Crippen LogP contribution < -0.4 is 10.5 Å². The van der Waals surface area contributed by atoms with E-state index in [2.05, 4.69) is 12.1 Å². The third-order valence-corrected chi connectivity index (χ3v) is 3.29. The summed E-state index contributed by atoms with van der Waals surface area (Å²) in [5.41, 5.74) is 10.1. The minimum atomic E-state index is 0.0947. The average molecular weight is 189 g/mol. The topological polar surface area (TPSA) is 35.2 Å². The monoisotopic (exact) mass is 189 g/mol. The molecule has 1 heterocycles. The van der Waals surface area contributed by atoms with Crippen LogP contribution >= 0.6 is 0 Å². The Morgan fingerprint density at radius 3 is 2.64 bits per heavy atom. The molecule has 74 valence electrons. The summed E-state index contributed by atoms with van der Waals surface area (Å²) >= 11 is 0. The predicted octanol–water partition coefficient (Wildman–Crippen LogP) is 1.96. The highest BCUT2D eigenvalue weighted by Crippen LogP contribution is 2.35. The molecule has 0 spiro atoms. The fraction of sp³-hybridized carbons (Fsp3) is 0.500. The minimum Gasteiger partial charge on any atom is -0.491 e. The molecule has 1 aliphatic carbocycles. The zero-order valence-corrected chi connectivity index (χ0v) is 8.25. The Bertz CT molecular complexity index is 372. The van der Waals surface area contributed by atoms with Gasteiger partial charge in [-0.25, -0.2) is 0 Å². The average Bonchev–Trinajstić information content (AvgIpc) is 2.57. The lowest BCUT2D eigenvalue weighted by atomic mass is 9.89. The van der Waals surface area contributed by atoms with Gasteiger partial charge in [-0.05, 0) is 42.9 Å². The van der Waals surface area contributed by atoms with Gasteiger partial charge in [-0.1, -0.05) is 6.07 Å². The van der Waals surface area contributed by atoms with Crippen molar-refractivity contribution in [3.8, 4) is 5.75 Å². The van der Waals surface area contributed by atoms with Crippen molar-refractivity contribution >= 4 is 0 Å². The van der Waals surface area contributed by atoms with E-state index in [9.17, 15) is 0 Å². The summed E-state index contributed by atoms with van der Waals surface area (Å²) in [6.45, 7) is 0.651. The standard InChI is InChI=1S/C12H15NO/c13-11-7-14-12-6-9-4-2-1-3-8(9)5-10(11)12/h5-6,11H,1-4,7,13H2/t11-/m0/s1. The highest BCUT2D eigenvalue weighted by molar-refractivity contribution is 5.47. The van der Waals surface area contributed by atoms with Crippen molar-refractivity contribution in [1.82, 2.24) is 0 Å². The van der Waals surface area contributed by atoms with Crippen LogP contribution in [0, 0.1) is 0 Å². The molecule has 2 N–H and O–H groups in total. The van der Waals surface area contributed by atoms with Crippen molar-refractivity contribution in [1.29, 1.82) is 0 Å². The largest absolute Gasteiger partial charge is 0.491 e. The summed E-state index contributed by atoms with van der Waals surface area (Å²) in [6, 6.07) is 4.57. The second-order valence-corrected chi connectivity index (χ2v) is 4.28. The molecule has 1 aromatic rings. The van der Waals surface area contributed by atoms with Crippen molar-refractivity contribution in [3.05, 3.63) is 28.8 Å². The van der Waals surface area contributed by atoms with E-state index in [0.29, 0.717) is 6.61 Å². The first-order chi connectivity index (χ1) is 6.84. The van der Waals surface area contributed by atoms with E-state index in [-0.39, 0.29) is 6.04 Å². The first-order valence-electron chi connectivity index (χ1n) is 5.38. The molecule has 0 unspecified atom stereocenters. The molecule has 0 saturated carbocycles. The van der Waals surface area contributed by atoms with Crippen LogP contribution in [0.25, 0.3) is 0 Å². The molecule has 0 fully saturated rings. The molecule has 2 aliphatic rings. The summed E-state index contributed by atoms with van der Waals surface area (Å²) in [6.07, 6.45) is 5.07. The van der Waals surface area contributed by atoms with Crippen LogP contribution in [0.5, 0.6) is 5.75 Å². The van der Waals surface area contributed by atoms with Crippen LogP contribution in [-0.2, 0) is 12.8 Å². The van der Waals surface area contributed by atoms with Crippen molar-refractivity contribution < 1.29 is 4.74 Å². The van der Waals surface area contributed by atoms with E-state index in [1.807, 2.05) is 0 Å². The maximum Gasteiger partial charge on any atom is 0.124 e. The summed E-state index contributed by atoms with van der Waals surface area (Å²) in [5.74, 6) is 1.03. The van der Waals surface area contributed by atoms with Crippen LogP contribution in [0.3, 0.4) is 0 Å². The fourth-order valence-corrected chi connectivity index (χ4v) is 2.47. The summed E-state index contributed by atoms with van der Waals surface area (Å²) < 4.78 is 5.55. The highest BCUT2D eigenvalue weighted by atomic mass is 16.5. The van der Waals surface area contributed by atoms with Crippen LogP contribution in [-0.4, -0.2) is 6.61 Å². The van der Waals surface area contributed by atoms with E-state index in [4.69, 9.17) is 10.5 Å². The normalized spacial score (nSPS) is 23.9. The third kappa shape index (κ3) is 1.14. The molecule has 1 aliphatic heterocycles. The lowest BCUT2D eigenvalue weighted by Crippen LogP contribution is -2.11. The van der Waals surface area contributed by atoms with Gasteiger partial charge in [0.2, 0.25) is 0 Å². The number of hydrogen-bond donors (Lipinski definition) is 1. The van der Waals surface area contributed by atoms with Gasteiger partial charge in [-0.15, -0.1) is 0 Å². The quantitative estimate of drug-likeness (QED) is 0.677. The number of ether oxygens (including phenoxy) is 1. The first kappa shape index (κ1) is 8.30. The van der Waals surface area contributed by atoms with Gasteiger partial charge in [0.15, 0.2) is 0 Å². The summed E-state index contributed by atoms with van der Waals surface area (Å²) in [5, 5.41) is 0. The smallest absolute Gasteiger partial charge is 0.124 e. The van der Waals surface area contributed by atoms with Gasteiger partial charge in [0.05, 0.1) is 6.04 Å². The second-order valence-electron chi connectivity index (χ2n) is 4.28. The molecule has 0 aromatic heterocycles. The van der Waals surface area contributed by atoms with E-state index in [1.54, 1.807) is 0 Å². The Labute approximate surface area is 84.1 Å².